The molecule has 0 radical (unpaired) electrons. The van der Waals surface area contributed by atoms with E-state index >= 15 is 0 Å². The summed E-state index contributed by atoms with van der Waals surface area (Å²) in [7, 11) is 9.90. The topological polar surface area (TPSA) is 37.3 Å². The molecule has 2 nitrogen and oxygen atoms in total. The Morgan fingerprint density at radius 1 is 1.45 bits per heavy atom. The summed E-state index contributed by atoms with van der Waals surface area (Å²) in [5, 5.41) is 7.42. The molecule has 58 valence electrons. The van der Waals surface area contributed by atoms with Gasteiger partial charge in [-0.05, 0) is 0 Å². The second-order valence-corrected chi connectivity index (χ2v) is 19.4. The van der Waals surface area contributed by atoms with E-state index in [4.69, 9.17) is 29.3 Å². The van der Waals surface area contributed by atoms with Gasteiger partial charge in [0.1, 0.15) is 0 Å². The number of aliphatic carboxylic acids is 1. The molecule has 1 N–H and O–H groups in total. The number of hydrogen-bond acceptors (Lipinski definition) is 1. The van der Waals surface area contributed by atoms with E-state index in [1.54, 1.807) is 0 Å². The van der Waals surface area contributed by atoms with Gasteiger partial charge in [-0.2, -0.15) is 0 Å². The van der Waals surface area contributed by atoms with Crippen LogP contribution in [-0.4, -0.2) is 11.1 Å². The van der Waals surface area contributed by atoms with Gasteiger partial charge in [-0.1, -0.05) is 0 Å². The van der Waals surface area contributed by atoms with Crippen molar-refractivity contribution >= 4 is 52.6 Å². The monoisotopic (exact) mass is 480 g/mol. The molecule has 0 rings (SSSR count). The van der Waals surface area contributed by atoms with Gasteiger partial charge in [0, 0.05) is 26.4 Å². The predicted molar refractivity (Wildman–Crippen MR) is 42.9 cm³/mol. The molecule has 0 aliphatic rings. The molecule has 0 saturated carbocycles. The van der Waals surface area contributed by atoms with Crippen LogP contribution in [0.5, 0.6) is 0 Å². The second kappa shape index (κ2) is 29.3. The van der Waals surface area contributed by atoms with E-state index in [1.807, 2.05) is 0 Å². The van der Waals surface area contributed by atoms with Crippen molar-refractivity contribution in [2.75, 3.05) is 0 Å². The average Bonchev–Trinajstić information content (AvgIpc) is 1.65. The smallest absolute Gasteiger partial charge is 0 e. The largest absolute Gasteiger partial charge is 0 e. The number of carbonyl (C=O) groups is 1. The van der Waals surface area contributed by atoms with Crippen LogP contribution in [0.3, 0.4) is 0 Å². The molecule has 0 atom stereocenters. The summed E-state index contributed by atoms with van der Waals surface area (Å²) in [6.07, 6.45) is 0. The van der Waals surface area contributed by atoms with E-state index in [0.29, 0.717) is 0 Å². The third kappa shape index (κ3) is 184. The van der Waals surface area contributed by atoms with Crippen LogP contribution in [0.2, 0.25) is 0 Å². The summed E-state index contributed by atoms with van der Waals surface area (Å²) in [6, 6.07) is 0. The van der Waals surface area contributed by atoms with Crippen molar-refractivity contribution in [1.82, 2.24) is 0 Å². The third-order valence-corrected chi connectivity index (χ3v) is 0. The summed E-state index contributed by atoms with van der Waals surface area (Å²) in [6.45, 7) is 1.08. The first-order chi connectivity index (χ1) is 4.56. The van der Waals surface area contributed by atoms with E-state index in [-0.39, 0.29) is 32.7 Å². The van der Waals surface area contributed by atoms with Gasteiger partial charge in [0.2, 0.25) is 0 Å². The number of halogens is 4. The first-order valence-electron chi connectivity index (χ1n) is 2.00. The Morgan fingerprint density at radius 3 is 1.45 bits per heavy atom. The second-order valence-electron chi connectivity index (χ2n) is 0.721. The van der Waals surface area contributed by atoms with Gasteiger partial charge in [-0.15, -0.1) is 0 Å². The van der Waals surface area contributed by atoms with Gasteiger partial charge < -0.3 is 5.11 Å². The van der Waals surface area contributed by atoms with Crippen LogP contribution >= 0.6 is 46.6 Å². The molecule has 0 bridgehead atoms. The molecule has 0 aromatic heterocycles. The summed E-state index contributed by atoms with van der Waals surface area (Å²) < 4.78 is 0. The maximum Gasteiger partial charge on any atom is 0 e. The zero-order chi connectivity index (χ0) is 8.99. The van der Waals surface area contributed by atoms with Crippen molar-refractivity contribution in [3.8, 4) is 0 Å². The molecule has 0 aromatic rings. The molecular weight excluding hydrogens is 483 g/mol. The van der Waals surface area contributed by atoms with Gasteiger partial charge in [0.15, 0.2) is 0 Å². The van der Waals surface area contributed by atoms with Crippen molar-refractivity contribution in [2.24, 2.45) is 0 Å². The molecule has 0 aliphatic carbocycles. The average molecular weight is 487 g/mol. The Kier molecular flexibility index (Phi) is 62.8. The Hall–Kier alpha value is 2.88. The fraction of sp³-hybridized carbons (Fsp3) is 0.500. The quantitative estimate of drug-likeness (QED) is 0.534. The summed E-state index contributed by atoms with van der Waals surface area (Å²) in [4.78, 5) is 9.00. The molecule has 0 heterocycles. The molecular formula is C2H4Br2Cl2O2Zn3. The number of rotatable bonds is 0. The molecule has 0 spiro atoms. The van der Waals surface area contributed by atoms with Crippen molar-refractivity contribution in [3.05, 3.63) is 0 Å². The van der Waals surface area contributed by atoms with Crippen LogP contribution in [0.15, 0.2) is 0 Å². The van der Waals surface area contributed by atoms with Crippen LogP contribution in [0.4, 0.5) is 0 Å². The van der Waals surface area contributed by atoms with E-state index in [0.717, 1.165) is 6.92 Å². The number of carboxylic acid groups (broad SMARTS) is 1. The minimum absolute atomic E-state index is 0. The van der Waals surface area contributed by atoms with Crippen molar-refractivity contribution < 1.29 is 57.7 Å². The first-order valence-corrected chi connectivity index (χ1v) is 23.7. The minimum atomic E-state index is -0.931. The molecule has 11 heavy (non-hydrogen) atoms. The van der Waals surface area contributed by atoms with Crippen LogP contribution in [0.25, 0.3) is 0 Å². The van der Waals surface area contributed by atoms with E-state index in [9.17, 15) is 0 Å². The maximum absolute atomic E-state index is 9.00. The molecule has 0 aliphatic heterocycles. The van der Waals surface area contributed by atoms with Crippen molar-refractivity contribution in [1.29, 1.82) is 0 Å². The molecule has 9 heteroatoms. The van der Waals surface area contributed by atoms with Gasteiger partial charge >= 0.3 is 75.0 Å². The Labute approximate surface area is 115 Å². The molecule has 0 unspecified atom stereocenters. The van der Waals surface area contributed by atoms with E-state index in [2.05, 4.69) is 27.2 Å². The maximum atomic E-state index is 9.00. The van der Waals surface area contributed by atoms with Gasteiger partial charge in [0.25, 0.3) is 5.97 Å². The number of carboxylic acids is 1. The molecule has 0 aromatic carbocycles. The third-order valence-electron chi connectivity index (χ3n) is 0. The van der Waals surface area contributed by atoms with Crippen LogP contribution < -0.4 is 0 Å². The van der Waals surface area contributed by atoms with Crippen LogP contribution in [0.1, 0.15) is 6.92 Å². The first kappa shape index (κ1) is 23.6. The van der Waals surface area contributed by atoms with Gasteiger partial charge in [-0.3, -0.25) is 4.79 Å². The Balaban J connectivity index is -0.0000000325. The van der Waals surface area contributed by atoms with Crippen LogP contribution in [-0.2, 0) is 52.6 Å². The fourth-order valence-corrected chi connectivity index (χ4v) is 0. The van der Waals surface area contributed by atoms with Gasteiger partial charge in [0.05, 0.1) is 0 Å². The normalized spacial score (nSPS) is 4.09. The molecule has 0 amide bonds. The Morgan fingerprint density at radius 2 is 1.45 bits per heavy atom. The SMILES string of the molecule is CC(=O)O.[Br][Zn][Br].[Cl][Zn][Cl].[Zn]. The molecule has 0 saturated heterocycles. The summed E-state index contributed by atoms with van der Waals surface area (Å²) in [5.74, 6) is -0.833. The van der Waals surface area contributed by atoms with Gasteiger partial charge in [-0.25, -0.2) is 0 Å². The van der Waals surface area contributed by atoms with Crippen molar-refractivity contribution in [2.45, 2.75) is 6.92 Å². The van der Waals surface area contributed by atoms with Crippen LogP contribution in [0, 0.1) is 0 Å². The number of hydrogen-bond donors (Lipinski definition) is 1. The zero-order valence-corrected chi connectivity index (χ0v) is 19.6. The fourth-order valence-electron chi connectivity index (χ4n) is 0. The molecule has 0 fully saturated rings. The minimum Gasteiger partial charge on any atom is 0 e. The predicted octanol–water partition coefficient (Wildman–Crippen LogP) is 3.15. The Bertz CT molecular complexity index is 63.3. The summed E-state index contributed by atoms with van der Waals surface area (Å²) in [5.41, 5.74) is 0. The van der Waals surface area contributed by atoms with E-state index < -0.39 is 21.1 Å². The summed E-state index contributed by atoms with van der Waals surface area (Å²) >= 11 is 5.32. The standard InChI is InChI=1S/C2H4O2.2BrH.2ClH.3Zn/c1-2(3)4;;;;;;;/h1H3,(H,3,4);4*1H;;;/q;;;;;;2*+2/p-4. The van der Waals surface area contributed by atoms with E-state index in [1.165, 1.54) is 0 Å². The zero-order valence-electron chi connectivity index (χ0n) is 5.99. The van der Waals surface area contributed by atoms with Crippen molar-refractivity contribution in [3.63, 3.8) is 0 Å².